The van der Waals surface area contributed by atoms with Crippen molar-refractivity contribution in [2.45, 2.75) is 33.6 Å². The van der Waals surface area contributed by atoms with Gasteiger partial charge in [-0.15, -0.1) is 0 Å². The van der Waals surface area contributed by atoms with Crippen LogP contribution in [0.15, 0.2) is 42.5 Å². The number of amides is 1. The van der Waals surface area contributed by atoms with Crippen molar-refractivity contribution in [2.75, 3.05) is 17.7 Å². The van der Waals surface area contributed by atoms with Crippen molar-refractivity contribution in [2.24, 2.45) is 5.92 Å². The van der Waals surface area contributed by atoms with Gasteiger partial charge in [0.1, 0.15) is 5.75 Å². The Labute approximate surface area is 144 Å². The molecule has 4 heteroatoms. The Bertz CT molecular complexity index is 679. The van der Waals surface area contributed by atoms with Crippen LogP contribution in [0.2, 0.25) is 0 Å². The van der Waals surface area contributed by atoms with E-state index in [-0.39, 0.29) is 5.91 Å². The maximum absolute atomic E-state index is 12.0. The van der Waals surface area contributed by atoms with E-state index in [1.54, 1.807) is 0 Å². The highest BCUT2D eigenvalue weighted by Crippen LogP contribution is 2.24. The Morgan fingerprint density at radius 3 is 2.50 bits per heavy atom. The number of hydrogen-bond donors (Lipinski definition) is 2. The highest BCUT2D eigenvalue weighted by Gasteiger charge is 2.07. The van der Waals surface area contributed by atoms with Crippen LogP contribution in [-0.2, 0) is 11.2 Å². The minimum Gasteiger partial charge on any atom is -0.491 e. The first-order chi connectivity index (χ1) is 11.4. The molecule has 128 valence electrons. The summed E-state index contributed by atoms with van der Waals surface area (Å²) in [5, 5.41) is 2.90. The maximum Gasteiger partial charge on any atom is 0.224 e. The molecule has 24 heavy (non-hydrogen) atoms. The second-order valence-corrected chi connectivity index (χ2v) is 6.49. The molecule has 0 bridgehead atoms. The predicted molar refractivity (Wildman–Crippen MR) is 99.3 cm³/mol. The highest BCUT2D eigenvalue weighted by atomic mass is 16.5. The van der Waals surface area contributed by atoms with Gasteiger partial charge in [-0.05, 0) is 49.1 Å². The summed E-state index contributed by atoms with van der Waals surface area (Å²) in [6.45, 7) is 6.85. The standard InChI is InChI=1S/C20H26N2O2/c1-14(2)13-24-19-10-6-16(12-18(19)21)7-11-20(23)22-17-8-4-15(3)5-9-17/h4-6,8-10,12,14H,7,11,13,21H2,1-3H3,(H,22,23). The average Bonchev–Trinajstić information content (AvgIpc) is 2.54. The van der Waals surface area contributed by atoms with E-state index in [0.717, 1.165) is 11.3 Å². The van der Waals surface area contributed by atoms with Crippen LogP contribution in [0.25, 0.3) is 0 Å². The molecule has 2 rings (SSSR count). The van der Waals surface area contributed by atoms with Crippen LogP contribution >= 0.6 is 0 Å². The smallest absolute Gasteiger partial charge is 0.224 e. The van der Waals surface area contributed by atoms with E-state index >= 15 is 0 Å². The number of aryl methyl sites for hydroxylation is 2. The fourth-order valence-electron chi connectivity index (χ4n) is 2.26. The molecule has 2 aromatic carbocycles. The summed E-state index contributed by atoms with van der Waals surface area (Å²) >= 11 is 0. The fourth-order valence-corrected chi connectivity index (χ4v) is 2.26. The number of carbonyl (C=O) groups is 1. The van der Waals surface area contributed by atoms with E-state index in [2.05, 4.69) is 19.2 Å². The van der Waals surface area contributed by atoms with E-state index in [1.165, 1.54) is 5.56 Å². The van der Waals surface area contributed by atoms with Crippen molar-refractivity contribution < 1.29 is 9.53 Å². The number of carbonyl (C=O) groups excluding carboxylic acids is 1. The summed E-state index contributed by atoms with van der Waals surface area (Å²) in [4.78, 5) is 12.0. The third-order valence-corrected chi connectivity index (χ3v) is 3.62. The highest BCUT2D eigenvalue weighted by molar-refractivity contribution is 5.90. The molecule has 2 aromatic rings. The van der Waals surface area contributed by atoms with Crippen molar-refractivity contribution in [3.05, 3.63) is 53.6 Å². The second-order valence-electron chi connectivity index (χ2n) is 6.49. The van der Waals surface area contributed by atoms with E-state index in [9.17, 15) is 4.79 Å². The molecule has 0 aliphatic heterocycles. The molecule has 0 aromatic heterocycles. The molecule has 0 spiro atoms. The first-order valence-electron chi connectivity index (χ1n) is 8.32. The lowest BCUT2D eigenvalue weighted by atomic mass is 10.1. The van der Waals surface area contributed by atoms with Gasteiger partial charge in [-0.25, -0.2) is 0 Å². The monoisotopic (exact) mass is 326 g/mol. The van der Waals surface area contributed by atoms with Crippen LogP contribution in [0.4, 0.5) is 11.4 Å². The van der Waals surface area contributed by atoms with Crippen molar-refractivity contribution >= 4 is 17.3 Å². The van der Waals surface area contributed by atoms with Gasteiger partial charge in [0.15, 0.2) is 0 Å². The largest absolute Gasteiger partial charge is 0.491 e. The van der Waals surface area contributed by atoms with Crippen molar-refractivity contribution in [1.29, 1.82) is 0 Å². The van der Waals surface area contributed by atoms with Gasteiger partial charge in [0, 0.05) is 12.1 Å². The third-order valence-electron chi connectivity index (χ3n) is 3.62. The van der Waals surface area contributed by atoms with E-state index < -0.39 is 0 Å². The SMILES string of the molecule is Cc1ccc(NC(=O)CCc2ccc(OCC(C)C)c(N)c2)cc1. The molecular weight excluding hydrogens is 300 g/mol. The second kappa shape index (κ2) is 8.39. The first-order valence-corrected chi connectivity index (χ1v) is 8.32. The molecule has 0 aliphatic rings. The van der Waals surface area contributed by atoms with Crippen LogP contribution in [0.1, 0.15) is 31.4 Å². The molecule has 1 amide bonds. The van der Waals surface area contributed by atoms with Gasteiger partial charge in [-0.1, -0.05) is 37.6 Å². The molecule has 0 aliphatic carbocycles. The van der Waals surface area contributed by atoms with Gasteiger partial charge in [-0.3, -0.25) is 4.79 Å². The summed E-state index contributed by atoms with van der Waals surface area (Å²) < 4.78 is 5.66. The summed E-state index contributed by atoms with van der Waals surface area (Å²) in [6, 6.07) is 13.5. The Morgan fingerprint density at radius 1 is 1.17 bits per heavy atom. The van der Waals surface area contributed by atoms with Crippen molar-refractivity contribution in [3.8, 4) is 5.75 Å². The topological polar surface area (TPSA) is 64.3 Å². The zero-order chi connectivity index (χ0) is 17.5. The lowest BCUT2D eigenvalue weighted by molar-refractivity contribution is -0.116. The van der Waals surface area contributed by atoms with E-state index in [4.69, 9.17) is 10.5 Å². The summed E-state index contributed by atoms with van der Waals surface area (Å²) in [7, 11) is 0. The molecule has 0 saturated heterocycles. The van der Waals surface area contributed by atoms with Crippen LogP contribution in [0.5, 0.6) is 5.75 Å². The number of ether oxygens (including phenoxy) is 1. The lowest BCUT2D eigenvalue weighted by Crippen LogP contribution is -2.12. The first kappa shape index (κ1) is 17.9. The number of hydrogen-bond acceptors (Lipinski definition) is 3. The zero-order valence-electron chi connectivity index (χ0n) is 14.6. The molecular formula is C20H26N2O2. The van der Waals surface area contributed by atoms with Gasteiger partial charge in [0.05, 0.1) is 12.3 Å². The Morgan fingerprint density at radius 2 is 1.88 bits per heavy atom. The number of benzene rings is 2. The maximum atomic E-state index is 12.0. The van der Waals surface area contributed by atoms with Crippen molar-refractivity contribution in [3.63, 3.8) is 0 Å². The van der Waals surface area contributed by atoms with Gasteiger partial charge in [0.2, 0.25) is 5.91 Å². The fraction of sp³-hybridized carbons (Fsp3) is 0.350. The van der Waals surface area contributed by atoms with Gasteiger partial charge >= 0.3 is 0 Å². The van der Waals surface area contributed by atoms with Gasteiger partial charge < -0.3 is 15.8 Å². The van der Waals surface area contributed by atoms with E-state index in [1.807, 2.05) is 49.4 Å². The molecule has 4 nitrogen and oxygen atoms in total. The third kappa shape index (κ3) is 5.61. The van der Waals surface area contributed by atoms with Gasteiger partial charge in [0.25, 0.3) is 0 Å². The number of rotatable bonds is 7. The van der Waals surface area contributed by atoms with Crippen LogP contribution < -0.4 is 15.8 Å². The summed E-state index contributed by atoms with van der Waals surface area (Å²) in [6.07, 6.45) is 1.06. The molecule has 0 radical (unpaired) electrons. The molecule has 0 unspecified atom stereocenters. The number of nitrogens with two attached hydrogens (primary N) is 1. The molecule has 3 N–H and O–H groups in total. The lowest BCUT2D eigenvalue weighted by Gasteiger charge is -2.12. The molecule has 0 atom stereocenters. The van der Waals surface area contributed by atoms with Crippen molar-refractivity contribution in [1.82, 2.24) is 0 Å². The van der Waals surface area contributed by atoms with Gasteiger partial charge in [-0.2, -0.15) is 0 Å². The Kier molecular flexibility index (Phi) is 6.24. The summed E-state index contributed by atoms with van der Waals surface area (Å²) in [5.74, 6) is 1.16. The molecule has 0 saturated carbocycles. The Hall–Kier alpha value is -2.49. The average molecular weight is 326 g/mol. The Balaban J connectivity index is 1.86. The van der Waals surface area contributed by atoms with Crippen LogP contribution in [0, 0.1) is 12.8 Å². The molecule has 0 fully saturated rings. The van der Waals surface area contributed by atoms with E-state index in [0.29, 0.717) is 36.8 Å². The summed E-state index contributed by atoms with van der Waals surface area (Å²) in [5.41, 5.74) is 9.67. The number of anilines is 2. The predicted octanol–water partition coefficient (Wildman–Crippen LogP) is 4.18. The number of nitrogens with one attached hydrogen (secondary N) is 1. The number of nitrogen functional groups attached to an aromatic ring is 1. The normalized spacial score (nSPS) is 10.7. The van der Waals surface area contributed by atoms with Crippen LogP contribution in [0.3, 0.4) is 0 Å². The quantitative estimate of drug-likeness (QED) is 0.750. The minimum absolute atomic E-state index is 0.00226. The van der Waals surface area contributed by atoms with Crippen LogP contribution in [-0.4, -0.2) is 12.5 Å². The minimum atomic E-state index is -0.00226. The zero-order valence-corrected chi connectivity index (χ0v) is 14.6. The molecule has 0 heterocycles.